The molecule has 0 aliphatic heterocycles. The zero-order valence-electron chi connectivity index (χ0n) is 8.50. The van der Waals surface area contributed by atoms with Gasteiger partial charge < -0.3 is 5.11 Å². The number of aryl methyl sites for hydroxylation is 1. The molecule has 0 spiro atoms. The molecule has 0 aliphatic rings. The Morgan fingerprint density at radius 3 is 2.56 bits per heavy atom. The molecule has 1 rings (SSSR count). The van der Waals surface area contributed by atoms with Crippen LogP contribution in [-0.2, 0) is 6.42 Å². The van der Waals surface area contributed by atoms with Crippen molar-refractivity contribution in [2.75, 3.05) is 0 Å². The number of hydrogen-bond donors (Lipinski definition) is 1. The van der Waals surface area contributed by atoms with Crippen LogP contribution in [0.3, 0.4) is 0 Å². The second kappa shape index (κ2) is 4.71. The second-order valence-electron chi connectivity index (χ2n) is 3.18. The molecular weight excluding hydrogens is 216 g/mol. The molecule has 5 heteroatoms. The van der Waals surface area contributed by atoms with Crippen LogP contribution in [-0.4, -0.2) is 11.1 Å². The summed E-state index contributed by atoms with van der Waals surface area (Å²) in [6, 6.07) is 4.10. The van der Waals surface area contributed by atoms with Gasteiger partial charge in [0, 0.05) is 5.56 Å². The minimum atomic E-state index is -2.90. The summed E-state index contributed by atoms with van der Waals surface area (Å²) in [5.41, 5.74) is -0.892. The van der Waals surface area contributed by atoms with Gasteiger partial charge in [0.05, 0.1) is 11.1 Å². The number of carbonyl (C=O) groups is 1. The van der Waals surface area contributed by atoms with Crippen molar-refractivity contribution in [2.24, 2.45) is 0 Å². The molecule has 0 amide bonds. The van der Waals surface area contributed by atoms with Crippen LogP contribution in [0.5, 0.6) is 0 Å². The third-order valence-electron chi connectivity index (χ3n) is 2.21. The molecular formula is C11H9F2NO2. The van der Waals surface area contributed by atoms with Crippen molar-refractivity contribution in [3.05, 3.63) is 34.4 Å². The number of aromatic carboxylic acids is 1. The lowest BCUT2D eigenvalue weighted by Gasteiger charge is -2.09. The van der Waals surface area contributed by atoms with E-state index in [1.54, 1.807) is 13.0 Å². The minimum absolute atomic E-state index is 0.220. The SMILES string of the molecule is CCc1cc(C#N)c(C(=O)O)c(C(F)F)c1. The van der Waals surface area contributed by atoms with Crippen LogP contribution in [0.25, 0.3) is 0 Å². The Morgan fingerprint density at radius 1 is 1.56 bits per heavy atom. The topological polar surface area (TPSA) is 61.1 Å². The number of nitrogens with zero attached hydrogens (tertiary/aromatic N) is 1. The minimum Gasteiger partial charge on any atom is -0.478 e. The van der Waals surface area contributed by atoms with Crippen molar-refractivity contribution in [1.29, 1.82) is 5.26 Å². The zero-order chi connectivity index (χ0) is 12.3. The zero-order valence-corrected chi connectivity index (χ0v) is 8.50. The lowest BCUT2D eigenvalue weighted by Crippen LogP contribution is -2.07. The first kappa shape index (κ1) is 12.1. The van der Waals surface area contributed by atoms with E-state index in [1.165, 1.54) is 6.07 Å². The highest BCUT2D eigenvalue weighted by Crippen LogP contribution is 2.27. The van der Waals surface area contributed by atoms with Crippen molar-refractivity contribution in [1.82, 2.24) is 0 Å². The molecule has 0 heterocycles. The molecule has 1 aromatic carbocycles. The Kier molecular flexibility index (Phi) is 3.56. The van der Waals surface area contributed by atoms with Crippen LogP contribution in [0.1, 0.15) is 40.4 Å². The average molecular weight is 225 g/mol. The summed E-state index contributed by atoms with van der Waals surface area (Å²) >= 11 is 0. The Hall–Kier alpha value is -1.96. The van der Waals surface area contributed by atoms with E-state index in [0.29, 0.717) is 12.0 Å². The maximum absolute atomic E-state index is 12.6. The van der Waals surface area contributed by atoms with Gasteiger partial charge in [0.25, 0.3) is 6.43 Å². The first-order valence-electron chi connectivity index (χ1n) is 4.59. The molecule has 0 saturated carbocycles. The summed E-state index contributed by atoms with van der Waals surface area (Å²) in [7, 11) is 0. The monoisotopic (exact) mass is 225 g/mol. The van der Waals surface area contributed by atoms with E-state index in [9.17, 15) is 13.6 Å². The number of nitriles is 1. The van der Waals surface area contributed by atoms with E-state index in [4.69, 9.17) is 10.4 Å². The molecule has 1 aromatic rings. The fourth-order valence-corrected chi connectivity index (χ4v) is 1.43. The van der Waals surface area contributed by atoms with E-state index in [2.05, 4.69) is 0 Å². The molecule has 84 valence electrons. The average Bonchev–Trinajstić information content (AvgIpc) is 2.26. The van der Waals surface area contributed by atoms with Crippen LogP contribution >= 0.6 is 0 Å². The summed E-state index contributed by atoms with van der Waals surface area (Å²) in [5.74, 6) is -1.51. The van der Waals surface area contributed by atoms with Crippen LogP contribution in [0.15, 0.2) is 12.1 Å². The van der Waals surface area contributed by atoms with Gasteiger partial charge in [0.1, 0.15) is 6.07 Å². The number of benzene rings is 1. The van der Waals surface area contributed by atoms with Gasteiger partial charge in [-0.25, -0.2) is 13.6 Å². The van der Waals surface area contributed by atoms with E-state index in [1.807, 2.05) is 0 Å². The van der Waals surface area contributed by atoms with Gasteiger partial charge >= 0.3 is 5.97 Å². The smallest absolute Gasteiger partial charge is 0.337 e. The number of alkyl halides is 2. The highest BCUT2D eigenvalue weighted by Gasteiger charge is 2.22. The summed E-state index contributed by atoms with van der Waals surface area (Å²) < 4.78 is 25.3. The molecule has 0 fully saturated rings. The molecule has 3 nitrogen and oxygen atoms in total. The highest BCUT2D eigenvalue weighted by atomic mass is 19.3. The number of rotatable bonds is 3. The lowest BCUT2D eigenvalue weighted by molar-refractivity contribution is 0.0684. The van der Waals surface area contributed by atoms with E-state index >= 15 is 0 Å². The fraction of sp³-hybridized carbons (Fsp3) is 0.273. The van der Waals surface area contributed by atoms with Gasteiger partial charge in [-0.3, -0.25) is 0 Å². The molecule has 0 saturated heterocycles. The van der Waals surface area contributed by atoms with Crippen molar-refractivity contribution >= 4 is 5.97 Å². The van der Waals surface area contributed by atoms with Gasteiger partial charge in [-0.15, -0.1) is 0 Å². The third-order valence-corrected chi connectivity index (χ3v) is 2.21. The Bertz CT molecular complexity index is 464. The Labute approximate surface area is 90.9 Å². The number of carboxylic acid groups (broad SMARTS) is 1. The third kappa shape index (κ3) is 2.16. The summed E-state index contributed by atoms with van der Waals surface area (Å²) in [5, 5.41) is 17.5. The maximum atomic E-state index is 12.6. The first-order valence-corrected chi connectivity index (χ1v) is 4.59. The lowest BCUT2D eigenvalue weighted by atomic mass is 9.97. The normalized spacial score (nSPS) is 10.2. The largest absolute Gasteiger partial charge is 0.478 e. The molecule has 0 aliphatic carbocycles. The van der Waals surface area contributed by atoms with Gasteiger partial charge in [0.15, 0.2) is 0 Å². The van der Waals surface area contributed by atoms with E-state index in [-0.39, 0.29) is 5.56 Å². The van der Waals surface area contributed by atoms with E-state index < -0.39 is 23.5 Å². The molecule has 16 heavy (non-hydrogen) atoms. The van der Waals surface area contributed by atoms with Gasteiger partial charge in [-0.1, -0.05) is 6.92 Å². The Morgan fingerprint density at radius 2 is 2.19 bits per heavy atom. The first-order chi connectivity index (χ1) is 7.51. The quantitative estimate of drug-likeness (QED) is 0.860. The van der Waals surface area contributed by atoms with Crippen molar-refractivity contribution in [3.8, 4) is 6.07 Å². The summed E-state index contributed by atoms with van der Waals surface area (Å²) in [6.45, 7) is 1.74. The molecule has 0 unspecified atom stereocenters. The standard InChI is InChI=1S/C11H9F2NO2/c1-2-6-3-7(5-14)9(11(15)16)8(4-6)10(12)13/h3-4,10H,2H2,1H3,(H,15,16). The molecule has 0 atom stereocenters. The predicted octanol–water partition coefficient (Wildman–Crippen LogP) is 2.76. The van der Waals surface area contributed by atoms with Crippen molar-refractivity contribution in [3.63, 3.8) is 0 Å². The predicted molar refractivity (Wildman–Crippen MR) is 52.5 cm³/mol. The second-order valence-corrected chi connectivity index (χ2v) is 3.18. The molecule has 0 bridgehead atoms. The highest BCUT2D eigenvalue weighted by molar-refractivity contribution is 5.92. The Balaban J connectivity index is 3.55. The van der Waals surface area contributed by atoms with Gasteiger partial charge in [-0.2, -0.15) is 5.26 Å². The van der Waals surface area contributed by atoms with E-state index in [0.717, 1.165) is 6.07 Å². The van der Waals surface area contributed by atoms with Crippen molar-refractivity contribution in [2.45, 2.75) is 19.8 Å². The number of hydrogen-bond acceptors (Lipinski definition) is 2. The molecule has 0 aromatic heterocycles. The summed E-state index contributed by atoms with van der Waals surface area (Å²) in [4.78, 5) is 10.8. The molecule has 1 N–H and O–H groups in total. The van der Waals surface area contributed by atoms with Crippen LogP contribution in [0, 0.1) is 11.3 Å². The number of halogens is 2. The van der Waals surface area contributed by atoms with Gasteiger partial charge in [0.2, 0.25) is 0 Å². The van der Waals surface area contributed by atoms with Crippen molar-refractivity contribution < 1.29 is 18.7 Å². The maximum Gasteiger partial charge on any atom is 0.337 e. The molecule has 0 radical (unpaired) electrons. The van der Waals surface area contributed by atoms with Crippen LogP contribution in [0.4, 0.5) is 8.78 Å². The number of carboxylic acids is 1. The van der Waals surface area contributed by atoms with Crippen LogP contribution in [0.2, 0.25) is 0 Å². The fourth-order valence-electron chi connectivity index (χ4n) is 1.43. The van der Waals surface area contributed by atoms with Gasteiger partial charge in [-0.05, 0) is 24.1 Å². The summed E-state index contributed by atoms with van der Waals surface area (Å²) in [6.07, 6.45) is -2.43. The van der Waals surface area contributed by atoms with Crippen LogP contribution < -0.4 is 0 Å².